The van der Waals surface area contributed by atoms with Gasteiger partial charge in [-0.25, -0.2) is 15.0 Å². The second-order valence-electron chi connectivity index (χ2n) is 14.0. The quantitative estimate of drug-likeness (QED) is 0.154. The normalized spacial score (nSPS) is 11.2. The van der Waals surface area contributed by atoms with Crippen LogP contribution in [0.15, 0.2) is 212 Å². The molecule has 10 aromatic rings. The number of hydrogen-bond acceptors (Lipinski definition) is 3. The molecule has 0 radical (unpaired) electrons. The van der Waals surface area contributed by atoms with Gasteiger partial charge in [-0.1, -0.05) is 182 Å². The van der Waals surface area contributed by atoms with Crippen molar-refractivity contribution < 1.29 is 0 Å². The van der Waals surface area contributed by atoms with Crippen LogP contribution < -0.4 is 0 Å². The second kappa shape index (κ2) is 14.4. The number of fused-ring (bicyclic) bond motifs is 3. The zero-order valence-electron chi connectivity index (χ0n) is 30.5. The van der Waals surface area contributed by atoms with Crippen LogP contribution in [-0.4, -0.2) is 15.0 Å². The Labute approximate surface area is 326 Å². The molecule has 0 amide bonds. The molecule has 0 N–H and O–H groups in total. The molecule has 0 saturated carbocycles. The summed E-state index contributed by atoms with van der Waals surface area (Å²) < 4.78 is 0. The minimum absolute atomic E-state index is 0.703. The van der Waals surface area contributed by atoms with Crippen LogP contribution >= 0.6 is 0 Å². The molecule has 0 spiro atoms. The maximum atomic E-state index is 5.47. The molecule has 0 aliphatic heterocycles. The van der Waals surface area contributed by atoms with Crippen molar-refractivity contribution in [2.75, 3.05) is 0 Å². The van der Waals surface area contributed by atoms with Crippen LogP contribution in [0.5, 0.6) is 0 Å². The average molecular weight is 714 g/mol. The van der Waals surface area contributed by atoms with Gasteiger partial charge in [-0.15, -0.1) is 0 Å². The first-order valence-electron chi connectivity index (χ1n) is 18.9. The molecule has 262 valence electrons. The zero-order valence-corrected chi connectivity index (χ0v) is 30.5. The molecule has 0 atom stereocenters. The number of nitrogens with zero attached hydrogens (tertiary/aromatic N) is 3. The molecular weight excluding hydrogens is 679 g/mol. The highest BCUT2D eigenvalue weighted by molar-refractivity contribution is 6.18. The molecule has 0 aliphatic rings. The largest absolute Gasteiger partial charge is 0.247 e. The third kappa shape index (κ3) is 6.31. The first kappa shape index (κ1) is 33.1. The van der Waals surface area contributed by atoms with Gasteiger partial charge in [-0.2, -0.15) is 0 Å². The highest BCUT2D eigenvalue weighted by atomic mass is 14.9. The van der Waals surface area contributed by atoms with Gasteiger partial charge in [0.05, 0.1) is 22.6 Å². The molecule has 2 heterocycles. The summed E-state index contributed by atoms with van der Waals surface area (Å²) in [6.45, 7) is 0. The molecule has 0 fully saturated rings. The molecule has 3 heteroatoms. The maximum absolute atomic E-state index is 5.47. The van der Waals surface area contributed by atoms with Crippen LogP contribution in [0.4, 0.5) is 0 Å². The summed E-state index contributed by atoms with van der Waals surface area (Å²) in [5.41, 5.74) is 14.6. The third-order valence-corrected chi connectivity index (χ3v) is 10.5. The third-order valence-electron chi connectivity index (χ3n) is 10.5. The molecule has 0 bridgehead atoms. The Morgan fingerprint density at radius 1 is 0.268 bits per heavy atom. The van der Waals surface area contributed by atoms with Crippen molar-refractivity contribution in [3.63, 3.8) is 0 Å². The van der Waals surface area contributed by atoms with Crippen molar-refractivity contribution in [1.82, 2.24) is 15.0 Å². The van der Waals surface area contributed by atoms with E-state index in [9.17, 15) is 0 Å². The molecule has 8 aromatic carbocycles. The van der Waals surface area contributed by atoms with Crippen LogP contribution in [0.25, 0.3) is 100 Å². The van der Waals surface area contributed by atoms with Gasteiger partial charge in [0.2, 0.25) is 0 Å². The van der Waals surface area contributed by atoms with Crippen molar-refractivity contribution in [3.05, 3.63) is 212 Å². The summed E-state index contributed by atoms with van der Waals surface area (Å²) in [6, 6.07) is 74.5. The summed E-state index contributed by atoms with van der Waals surface area (Å²) in [5.74, 6) is 0.703. The fourth-order valence-corrected chi connectivity index (χ4v) is 7.70. The van der Waals surface area contributed by atoms with Crippen LogP contribution in [0.1, 0.15) is 0 Å². The lowest BCUT2D eigenvalue weighted by atomic mass is 9.89. The Balaban J connectivity index is 1.14. The fourth-order valence-electron chi connectivity index (χ4n) is 7.70. The summed E-state index contributed by atoms with van der Waals surface area (Å²) in [4.78, 5) is 15.6. The zero-order chi connectivity index (χ0) is 37.3. The van der Waals surface area contributed by atoms with Crippen molar-refractivity contribution in [2.24, 2.45) is 0 Å². The smallest absolute Gasteiger partial charge is 0.160 e. The molecule has 0 aliphatic carbocycles. The highest BCUT2D eigenvalue weighted by Crippen LogP contribution is 2.42. The van der Waals surface area contributed by atoms with Gasteiger partial charge in [0.1, 0.15) is 0 Å². The summed E-state index contributed by atoms with van der Waals surface area (Å²) in [5, 5.41) is 3.53. The van der Waals surface area contributed by atoms with E-state index in [1.165, 1.54) is 21.9 Å². The van der Waals surface area contributed by atoms with Gasteiger partial charge in [-0.05, 0) is 68.9 Å². The standard InChI is InChI=1S/C53H35N3/c1-5-17-36(18-6-1)46-34-48(37-19-7-2-8-20-37)54-52-47(33-43-25-13-14-30-45(43)51(46)52)42-28-15-26-40(31-42)41-27-16-29-44(32-41)50-35-49(38-21-9-3-10-22-38)55-53(56-50)39-23-11-4-12-24-39/h1-35H. The van der Waals surface area contributed by atoms with Crippen LogP contribution in [0.2, 0.25) is 0 Å². The van der Waals surface area contributed by atoms with E-state index in [0.717, 1.165) is 72.5 Å². The topological polar surface area (TPSA) is 38.7 Å². The SMILES string of the molecule is c1ccc(-c2cc(-c3cccc(-c4cccc(-c5cc6ccccc6c6c(-c7ccccc7)cc(-c7ccccc7)nc56)c4)c3)nc(-c3ccccc3)n2)cc1. The first-order valence-corrected chi connectivity index (χ1v) is 18.9. The highest BCUT2D eigenvalue weighted by Gasteiger charge is 2.18. The Hall–Kier alpha value is -7.49. The number of aromatic nitrogens is 3. The molecule has 2 aromatic heterocycles. The number of rotatable bonds is 7. The van der Waals surface area contributed by atoms with E-state index in [-0.39, 0.29) is 0 Å². The van der Waals surface area contributed by atoms with Crippen molar-refractivity contribution in [1.29, 1.82) is 0 Å². The molecular formula is C53H35N3. The van der Waals surface area contributed by atoms with Crippen LogP contribution in [0, 0.1) is 0 Å². The van der Waals surface area contributed by atoms with E-state index in [1.54, 1.807) is 0 Å². The van der Waals surface area contributed by atoms with E-state index in [0.29, 0.717) is 5.82 Å². The lowest BCUT2D eigenvalue weighted by Crippen LogP contribution is -1.96. The fraction of sp³-hybridized carbons (Fsp3) is 0. The Morgan fingerprint density at radius 2 is 0.732 bits per heavy atom. The van der Waals surface area contributed by atoms with Crippen LogP contribution in [-0.2, 0) is 0 Å². The van der Waals surface area contributed by atoms with Gasteiger partial charge in [-0.3, -0.25) is 0 Å². The summed E-state index contributed by atoms with van der Waals surface area (Å²) in [7, 11) is 0. The lowest BCUT2D eigenvalue weighted by molar-refractivity contribution is 1.18. The van der Waals surface area contributed by atoms with Crippen molar-refractivity contribution >= 4 is 21.7 Å². The molecule has 10 rings (SSSR count). The van der Waals surface area contributed by atoms with Gasteiger partial charge < -0.3 is 0 Å². The Morgan fingerprint density at radius 3 is 1.38 bits per heavy atom. The lowest BCUT2D eigenvalue weighted by Gasteiger charge is -2.17. The summed E-state index contributed by atoms with van der Waals surface area (Å²) >= 11 is 0. The second-order valence-corrected chi connectivity index (χ2v) is 14.0. The number of pyridine rings is 1. The Kier molecular flexibility index (Phi) is 8.51. The van der Waals surface area contributed by atoms with Crippen molar-refractivity contribution in [2.45, 2.75) is 0 Å². The molecule has 0 unspecified atom stereocenters. The van der Waals surface area contributed by atoms with E-state index in [4.69, 9.17) is 15.0 Å². The number of hydrogen-bond donors (Lipinski definition) is 0. The van der Waals surface area contributed by atoms with E-state index >= 15 is 0 Å². The van der Waals surface area contributed by atoms with Gasteiger partial charge in [0, 0.05) is 33.2 Å². The van der Waals surface area contributed by atoms with E-state index in [2.05, 4.69) is 176 Å². The van der Waals surface area contributed by atoms with Crippen LogP contribution in [0.3, 0.4) is 0 Å². The molecule has 3 nitrogen and oxygen atoms in total. The van der Waals surface area contributed by atoms with E-state index in [1.807, 2.05) is 36.4 Å². The Bertz CT molecular complexity index is 2940. The first-order chi connectivity index (χ1) is 27.7. The van der Waals surface area contributed by atoms with E-state index < -0.39 is 0 Å². The van der Waals surface area contributed by atoms with Crippen molar-refractivity contribution in [3.8, 4) is 78.5 Å². The van der Waals surface area contributed by atoms with Gasteiger partial charge in [0.25, 0.3) is 0 Å². The predicted molar refractivity (Wildman–Crippen MR) is 233 cm³/mol. The monoisotopic (exact) mass is 713 g/mol. The summed E-state index contributed by atoms with van der Waals surface area (Å²) in [6.07, 6.45) is 0. The molecule has 0 saturated heterocycles. The van der Waals surface area contributed by atoms with Gasteiger partial charge in [0.15, 0.2) is 5.82 Å². The minimum Gasteiger partial charge on any atom is -0.247 e. The number of benzene rings is 8. The minimum atomic E-state index is 0.703. The van der Waals surface area contributed by atoms with Gasteiger partial charge >= 0.3 is 0 Å². The maximum Gasteiger partial charge on any atom is 0.160 e. The molecule has 56 heavy (non-hydrogen) atoms. The predicted octanol–water partition coefficient (Wildman–Crippen LogP) is 13.8. The average Bonchev–Trinajstić information content (AvgIpc) is 3.29.